The number of nitrogens with one attached hydrogen (secondary N) is 1. The summed E-state index contributed by atoms with van der Waals surface area (Å²) in [5.41, 5.74) is 0.600. The fourth-order valence-electron chi connectivity index (χ4n) is 3.46. The molecule has 2 aromatic carbocycles. The molecule has 1 aliphatic rings. The maximum absolute atomic E-state index is 14.0. The Hall–Kier alpha value is -4.05. The predicted octanol–water partition coefficient (Wildman–Crippen LogP) is 3.47. The van der Waals surface area contributed by atoms with Crippen LogP contribution in [0.5, 0.6) is 0 Å². The molecule has 1 unspecified atom stereocenters. The van der Waals surface area contributed by atoms with Crippen LogP contribution in [0.4, 0.5) is 21.6 Å². The maximum atomic E-state index is 14.0. The van der Waals surface area contributed by atoms with E-state index in [-0.39, 0.29) is 22.8 Å². The summed E-state index contributed by atoms with van der Waals surface area (Å²) in [6.07, 6.45) is 2.86. The lowest BCUT2D eigenvalue weighted by molar-refractivity contribution is -0.121. The molecule has 0 saturated carbocycles. The lowest BCUT2D eigenvalue weighted by Gasteiger charge is -2.27. The number of amides is 1. The lowest BCUT2D eigenvalue weighted by Crippen LogP contribution is -2.43. The molecule has 0 fully saturated rings. The van der Waals surface area contributed by atoms with E-state index in [0.717, 1.165) is 5.41 Å². The van der Waals surface area contributed by atoms with Gasteiger partial charge in [0, 0.05) is 17.3 Å². The topological polar surface area (TPSA) is 106 Å². The fourth-order valence-corrected chi connectivity index (χ4v) is 4.73. The number of carbonyl (C=O) groups excluding carboxylic acids is 2. The van der Waals surface area contributed by atoms with Gasteiger partial charge in [-0.1, -0.05) is 30.3 Å². The average Bonchev–Trinajstić information content (AvgIpc) is 3.19. The first-order chi connectivity index (χ1) is 16.3. The largest absolute Gasteiger partial charge is 0.452 e. The van der Waals surface area contributed by atoms with Gasteiger partial charge in [-0.15, -0.1) is 0 Å². The van der Waals surface area contributed by atoms with E-state index in [1.165, 1.54) is 47.5 Å². The Bertz CT molecular complexity index is 1350. The average molecular weight is 482 g/mol. The number of hydrogen-bond donors (Lipinski definition) is 1. The van der Waals surface area contributed by atoms with Crippen molar-refractivity contribution in [3.8, 4) is 0 Å². The van der Waals surface area contributed by atoms with E-state index < -0.39 is 40.2 Å². The van der Waals surface area contributed by atoms with Gasteiger partial charge in [-0.2, -0.15) is 0 Å². The van der Waals surface area contributed by atoms with E-state index in [1.54, 1.807) is 36.4 Å². The minimum atomic E-state index is -3.42. The third-order valence-electron chi connectivity index (χ3n) is 5.03. The molecule has 1 amide bonds. The highest BCUT2D eigenvalue weighted by molar-refractivity contribution is 7.94. The normalized spacial score (nSPS) is 16.1. The lowest BCUT2D eigenvalue weighted by atomic mass is 10.2. The molecule has 0 saturated heterocycles. The number of para-hydroxylation sites is 2. The predicted molar refractivity (Wildman–Crippen MR) is 125 cm³/mol. The molecule has 0 radical (unpaired) electrons. The van der Waals surface area contributed by atoms with Crippen LogP contribution in [0.2, 0.25) is 0 Å². The van der Waals surface area contributed by atoms with Gasteiger partial charge in [0.1, 0.15) is 17.2 Å². The van der Waals surface area contributed by atoms with Crippen LogP contribution in [0.25, 0.3) is 0 Å². The first kappa shape index (κ1) is 23.1. The summed E-state index contributed by atoms with van der Waals surface area (Å²) in [6.45, 7) is -0.633. The van der Waals surface area contributed by atoms with Gasteiger partial charge in [0.15, 0.2) is 16.4 Å². The van der Waals surface area contributed by atoms with Crippen molar-refractivity contribution in [2.45, 2.75) is 6.04 Å². The van der Waals surface area contributed by atoms with Gasteiger partial charge >= 0.3 is 5.97 Å². The Balaban J connectivity index is 1.50. The van der Waals surface area contributed by atoms with Gasteiger partial charge in [-0.25, -0.2) is 22.6 Å². The number of carbonyl (C=O) groups is 2. The third-order valence-corrected chi connectivity index (χ3v) is 6.41. The fraction of sp³-hybridized carbons (Fsp3) is 0.125. The summed E-state index contributed by atoms with van der Waals surface area (Å²) in [5.74, 6) is -2.17. The van der Waals surface area contributed by atoms with Crippen molar-refractivity contribution in [2.75, 3.05) is 22.6 Å². The molecule has 174 valence electrons. The molecule has 4 rings (SSSR count). The van der Waals surface area contributed by atoms with Crippen LogP contribution in [0.15, 0.2) is 84.4 Å². The van der Waals surface area contributed by atoms with E-state index in [0.29, 0.717) is 5.69 Å². The van der Waals surface area contributed by atoms with Crippen molar-refractivity contribution in [3.63, 3.8) is 0 Å². The molecule has 1 N–H and O–H groups in total. The van der Waals surface area contributed by atoms with Gasteiger partial charge in [0.2, 0.25) is 0 Å². The molecule has 1 atom stereocenters. The second kappa shape index (κ2) is 9.84. The van der Waals surface area contributed by atoms with Crippen LogP contribution in [0.1, 0.15) is 10.4 Å². The Kier molecular flexibility index (Phi) is 6.69. The second-order valence-electron chi connectivity index (χ2n) is 7.41. The minimum Gasteiger partial charge on any atom is -0.452 e. The molecule has 1 aliphatic heterocycles. The number of aromatic nitrogens is 1. The number of rotatable bonds is 7. The monoisotopic (exact) mass is 481 g/mol. The second-order valence-corrected chi connectivity index (χ2v) is 9.34. The quantitative estimate of drug-likeness (QED) is 0.515. The summed E-state index contributed by atoms with van der Waals surface area (Å²) in [6, 6.07) is 16.6. The van der Waals surface area contributed by atoms with Crippen molar-refractivity contribution in [1.82, 2.24) is 4.98 Å². The number of pyridine rings is 1. The highest BCUT2D eigenvalue weighted by Gasteiger charge is 2.32. The standard InChI is InChI=1S/C24H20FN3O5S/c25-20-10-4-5-11-21(20)27-23-19(9-6-13-26-23)24(30)33-15-22(29)28(17-7-2-1-3-8-17)18-12-14-34(31,32)16-18/h1-14,18H,15-16H2,(H,26,27). The van der Waals surface area contributed by atoms with E-state index in [9.17, 15) is 22.4 Å². The van der Waals surface area contributed by atoms with Crippen LogP contribution in [0.3, 0.4) is 0 Å². The van der Waals surface area contributed by atoms with Gasteiger partial charge in [0.05, 0.1) is 17.5 Å². The Morgan fingerprint density at radius 2 is 1.79 bits per heavy atom. The number of ether oxygens (including phenoxy) is 1. The first-order valence-electron chi connectivity index (χ1n) is 10.3. The summed E-state index contributed by atoms with van der Waals surface area (Å²) < 4.78 is 43.1. The molecule has 1 aromatic heterocycles. The molecule has 0 bridgehead atoms. The number of halogens is 1. The molecule has 3 aromatic rings. The maximum Gasteiger partial charge on any atom is 0.342 e. The van der Waals surface area contributed by atoms with Crippen molar-refractivity contribution in [3.05, 3.63) is 95.8 Å². The van der Waals surface area contributed by atoms with Gasteiger partial charge < -0.3 is 15.0 Å². The van der Waals surface area contributed by atoms with Gasteiger partial charge in [-0.3, -0.25) is 4.79 Å². The van der Waals surface area contributed by atoms with E-state index >= 15 is 0 Å². The number of benzene rings is 2. The zero-order valence-corrected chi connectivity index (χ0v) is 18.6. The zero-order chi connectivity index (χ0) is 24.1. The highest BCUT2D eigenvalue weighted by atomic mass is 32.2. The van der Waals surface area contributed by atoms with Crippen LogP contribution >= 0.6 is 0 Å². The Morgan fingerprint density at radius 1 is 1.06 bits per heavy atom. The molecule has 0 aliphatic carbocycles. The van der Waals surface area contributed by atoms with E-state index in [2.05, 4.69) is 10.3 Å². The minimum absolute atomic E-state index is 0.00755. The van der Waals surface area contributed by atoms with E-state index in [1.807, 2.05) is 0 Å². The molecular formula is C24H20FN3O5S. The Labute approximate surface area is 195 Å². The summed E-state index contributed by atoms with van der Waals surface area (Å²) in [4.78, 5) is 31.2. The van der Waals surface area contributed by atoms with Gasteiger partial charge in [-0.05, 0) is 42.5 Å². The SMILES string of the molecule is O=C(OCC(=O)N(c1ccccc1)C1C=CS(=O)(=O)C1)c1cccnc1Nc1ccccc1F. The number of hydrogen-bond acceptors (Lipinski definition) is 7. The molecular weight excluding hydrogens is 461 g/mol. The van der Waals surface area contributed by atoms with Gasteiger partial charge in [0.25, 0.3) is 5.91 Å². The summed E-state index contributed by atoms with van der Waals surface area (Å²) in [7, 11) is -3.42. The van der Waals surface area contributed by atoms with Crippen molar-refractivity contribution >= 4 is 38.9 Å². The van der Waals surface area contributed by atoms with Crippen molar-refractivity contribution in [1.29, 1.82) is 0 Å². The van der Waals surface area contributed by atoms with Crippen LogP contribution in [-0.4, -0.2) is 43.7 Å². The molecule has 2 heterocycles. The Morgan fingerprint density at radius 3 is 2.50 bits per heavy atom. The molecule has 34 heavy (non-hydrogen) atoms. The first-order valence-corrected chi connectivity index (χ1v) is 12.0. The van der Waals surface area contributed by atoms with Crippen LogP contribution < -0.4 is 10.2 Å². The number of esters is 1. The van der Waals surface area contributed by atoms with Crippen molar-refractivity contribution < 1.29 is 27.1 Å². The summed E-state index contributed by atoms with van der Waals surface area (Å²) >= 11 is 0. The number of sulfone groups is 1. The zero-order valence-electron chi connectivity index (χ0n) is 17.8. The third kappa shape index (κ3) is 5.29. The van der Waals surface area contributed by atoms with Crippen LogP contribution in [-0.2, 0) is 19.4 Å². The number of anilines is 3. The smallest absolute Gasteiger partial charge is 0.342 e. The van der Waals surface area contributed by atoms with Crippen molar-refractivity contribution in [2.24, 2.45) is 0 Å². The van der Waals surface area contributed by atoms with E-state index in [4.69, 9.17) is 4.74 Å². The number of nitrogens with zero attached hydrogens (tertiary/aromatic N) is 2. The molecule has 10 heteroatoms. The molecule has 8 nitrogen and oxygen atoms in total. The van der Waals surface area contributed by atoms with Crippen LogP contribution in [0, 0.1) is 5.82 Å². The molecule has 0 spiro atoms. The summed E-state index contributed by atoms with van der Waals surface area (Å²) in [5, 5.41) is 3.83. The highest BCUT2D eigenvalue weighted by Crippen LogP contribution is 2.24.